The lowest BCUT2D eigenvalue weighted by molar-refractivity contribution is 0.0950. The van der Waals surface area contributed by atoms with E-state index in [9.17, 15) is 21.6 Å². The summed E-state index contributed by atoms with van der Waals surface area (Å²) in [6.07, 6.45) is 0. The average molecular weight is 454 g/mol. The first-order chi connectivity index (χ1) is 13.9. The van der Waals surface area contributed by atoms with Crippen LogP contribution >= 0.6 is 0 Å². The number of sulfonamides is 2. The van der Waals surface area contributed by atoms with E-state index < -0.39 is 26.0 Å². The zero-order chi connectivity index (χ0) is 22.7. The van der Waals surface area contributed by atoms with E-state index in [2.05, 4.69) is 14.8 Å². The highest BCUT2D eigenvalue weighted by Gasteiger charge is 2.20. The van der Waals surface area contributed by atoms with Crippen molar-refractivity contribution in [2.45, 2.75) is 50.1 Å². The lowest BCUT2D eigenvalue weighted by Crippen LogP contribution is -2.30. The molecular formula is C20H27N3O5S2. The Hall–Kier alpha value is -2.27. The number of benzene rings is 2. The second-order valence-corrected chi connectivity index (χ2v) is 10.8. The Morgan fingerprint density at radius 2 is 1.67 bits per heavy atom. The van der Waals surface area contributed by atoms with E-state index in [4.69, 9.17) is 0 Å². The van der Waals surface area contributed by atoms with Crippen LogP contribution < -0.4 is 14.8 Å². The normalized spacial score (nSPS) is 12.2. The van der Waals surface area contributed by atoms with Crippen LogP contribution in [0.4, 0.5) is 0 Å². The molecule has 1 amide bonds. The van der Waals surface area contributed by atoms with Gasteiger partial charge in [0.15, 0.2) is 0 Å². The van der Waals surface area contributed by atoms with E-state index in [1.165, 1.54) is 25.2 Å². The molecule has 164 valence electrons. The van der Waals surface area contributed by atoms with Crippen LogP contribution in [-0.2, 0) is 26.6 Å². The second kappa shape index (κ2) is 9.25. The minimum atomic E-state index is -3.71. The number of nitrogens with one attached hydrogen (secondary N) is 3. The average Bonchev–Trinajstić information content (AvgIpc) is 2.67. The fourth-order valence-electron chi connectivity index (χ4n) is 2.83. The first-order valence-corrected chi connectivity index (χ1v) is 12.3. The number of hydrogen-bond acceptors (Lipinski definition) is 5. The van der Waals surface area contributed by atoms with Gasteiger partial charge in [0.2, 0.25) is 20.0 Å². The number of carbonyl (C=O) groups is 1. The van der Waals surface area contributed by atoms with Crippen molar-refractivity contribution in [2.24, 2.45) is 0 Å². The van der Waals surface area contributed by atoms with E-state index in [1.54, 1.807) is 45.9 Å². The Balaban J connectivity index is 2.24. The molecule has 3 N–H and O–H groups in total. The monoisotopic (exact) mass is 453 g/mol. The Bertz CT molecular complexity index is 1160. The molecule has 2 aromatic carbocycles. The summed E-state index contributed by atoms with van der Waals surface area (Å²) >= 11 is 0. The van der Waals surface area contributed by atoms with E-state index in [-0.39, 0.29) is 27.9 Å². The van der Waals surface area contributed by atoms with Crippen molar-refractivity contribution in [3.8, 4) is 0 Å². The second-order valence-electron chi connectivity index (χ2n) is 7.23. The molecule has 2 aromatic rings. The van der Waals surface area contributed by atoms with Gasteiger partial charge in [0.25, 0.3) is 5.91 Å². The molecule has 0 spiro atoms. The molecule has 0 radical (unpaired) electrons. The van der Waals surface area contributed by atoms with Crippen LogP contribution in [-0.4, -0.2) is 35.8 Å². The van der Waals surface area contributed by atoms with Gasteiger partial charge in [-0.3, -0.25) is 4.79 Å². The van der Waals surface area contributed by atoms with Crippen LogP contribution in [0.5, 0.6) is 0 Å². The molecule has 8 nitrogen and oxygen atoms in total. The van der Waals surface area contributed by atoms with Crippen LogP contribution in [0, 0.1) is 13.8 Å². The van der Waals surface area contributed by atoms with E-state index in [1.807, 2.05) is 0 Å². The summed E-state index contributed by atoms with van der Waals surface area (Å²) in [5.74, 6) is -0.459. The van der Waals surface area contributed by atoms with Gasteiger partial charge in [-0.2, -0.15) is 0 Å². The maximum absolute atomic E-state index is 12.6. The van der Waals surface area contributed by atoms with Gasteiger partial charge in [-0.1, -0.05) is 12.1 Å². The topological polar surface area (TPSA) is 121 Å². The molecular weight excluding hydrogens is 426 g/mol. The molecule has 0 aromatic heterocycles. The molecule has 0 aliphatic carbocycles. The highest BCUT2D eigenvalue weighted by Crippen LogP contribution is 2.21. The quantitative estimate of drug-likeness (QED) is 0.563. The van der Waals surface area contributed by atoms with Crippen molar-refractivity contribution in [1.82, 2.24) is 14.8 Å². The Morgan fingerprint density at radius 1 is 1.00 bits per heavy atom. The Labute approximate surface area is 178 Å². The minimum Gasteiger partial charge on any atom is -0.348 e. The summed E-state index contributed by atoms with van der Waals surface area (Å²) in [6, 6.07) is 8.97. The van der Waals surface area contributed by atoms with Gasteiger partial charge < -0.3 is 5.32 Å². The number of amides is 1. The minimum absolute atomic E-state index is 0.0444. The first-order valence-electron chi connectivity index (χ1n) is 9.31. The largest absolute Gasteiger partial charge is 0.348 e. The van der Waals surface area contributed by atoms with Crippen molar-refractivity contribution in [2.75, 3.05) is 7.05 Å². The summed E-state index contributed by atoms with van der Waals surface area (Å²) in [6.45, 7) is 6.96. The summed E-state index contributed by atoms with van der Waals surface area (Å²) in [5, 5.41) is 2.71. The lowest BCUT2D eigenvalue weighted by Gasteiger charge is -2.13. The molecule has 0 aliphatic rings. The van der Waals surface area contributed by atoms with Crippen LogP contribution in [0.2, 0.25) is 0 Å². The van der Waals surface area contributed by atoms with E-state index >= 15 is 0 Å². The van der Waals surface area contributed by atoms with Gasteiger partial charge in [0.05, 0.1) is 9.79 Å². The molecule has 0 bridgehead atoms. The zero-order valence-electron chi connectivity index (χ0n) is 17.6. The van der Waals surface area contributed by atoms with Crippen molar-refractivity contribution in [3.05, 3.63) is 58.7 Å². The fraction of sp³-hybridized carbons (Fsp3) is 0.350. The van der Waals surface area contributed by atoms with Gasteiger partial charge >= 0.3 is 0 Å². The van der Waals surface area contributed by atoms with Gasteiger partial charge in [-0.25, -0.2) is 26.3 Å². The first kappa shape index (κ1) is 24.0. The van der Waals surface area contributed by atoms with Gasteiger partial charge in [-0.15, -0.1) is 0 Å². The highest BCUT2D eigenvalue weighted by atomic mass is 32.2. The highest BCUT2D eigenvalue weighted by molar-refractivity contribution is 7.89. The number of hydrogen-bond donors (Lipinski definition) is 3. The van der Waals surface area contributed by atoms with E-state index in [0.29, 0.717) is 16.7 Å². The van der Waals surface area contributed by atoms with Gasteiger partial charge in [-0.05, 0) is 75.7 Å². The van der Waals surface area contributed by atoms with Crippen LogP contribution in [0.15, 0.2) is 46.2 Å². The maximum Gasteiger partial charge on any atom is 0.251 e. The van der Waals surface area contributed by atoms with Crippen molar-refractivity contribution >= 4 is 26.0 Å². The molecule has 0 heterocycles. The third-order valence-electron chi connectivity index (χ3n) is 4.49. The third-order valence-corrected chi connectivity index (χ3v) is 7.69. The molecule has 0 saturated carbocycles. The van der Waals surface area contributed by atoms with Gasteiger partial charge in [0, 0.05) is 18.2 Å². The Kier molecular flexibility index (Phi) is 7.40. The van der Waals surface area contributed by atoms with Crippen LogP contribution in [0.25, 0.3) is 0 Å². The number of aryl methyl sites for hydroxylation is 1. The predicted octanol–water partition coefficient (Wildman–Crippen LogP) is 1.83. The summed E-state index contributed by atoms with van der Waals surface area (Å²) in [5.41, 5.74) is 2.04. The van der Waals surface area contributed by atoms with Gasteiger partial charge in [0.1, 0.15) is 0 Å². The zero-order valence-corrected chi connectivity index (χ0v) is 19.2. The van der Waals surface area contributed by atoms with Crippen molar-refractivity contribution in [3.63, 3.8) is 0 Å². The number of rotatable bonds is 8. The molecule has 0 unspecified atom stereocenters. The fourth-order valence-corrected chi connectivity index (χ4v) is 5.22. The van der Waals surface area contributed by atoms with Crippen molar-refractivity contribution < 1.29 is 21.6 Å². The van der Waals surface area contributed by atoms with Crippen molar-refractivity contribution in [1.29, 1.82) is 0 Å². The molecule has 0 saturated heterocycles. The molecule has 0 atom stereocenters. The SMILES string of the molecule is CNS(=O)(=O)c1cc(C(=O)NCc2cccc(S(=O)(=O)NC(C)C)c2)cc(C)c1C. The summed E-state index contributed by atoms with van der Waals surface area (Å²) in [4.78, 5) is 12.8. The maximum atomic E-state index is 12.6. The van der Waals surface area contributed by atoms with Crippen LogP contribution in [0.3, 0.4) is 0 Å². The third kappa shape index (κ3) is 5.66. The summed E-state index contributed by atoms with van der Waals surface area (Å²) < 4.78 is 53.9. The van der Waals surface area contributed by atoms with Crippen LogP contribution in [0.1, 0.15) is 40.9 Å². The smallest absolute Gasteiger partial charge is 0.251 e. The molecule has 0 aliphatic heterocycles. The standard InChI is InChI=1S/C20H27N3O5S2/c1-13(2)23-29(25,26)18-8-6-7-16(10-18)12-22-20(24)17-9-14(3)15(4)19(11-17)30(27,28)21-5/h6-11,13,21,23H,12H2,1-5H3,(H,22,24). The molecule has 10 heteroatoms. The predicted molar refractivity (Wildman–Crippen MR) is 115 cm³/mol. The van der Waals surface area contributed by atoms with E-state index in [0.717, 1.165) is 0 Å². The lowest BCUT2D eigenvalue weighted by atomic mass is 10.1. The molecule has 2 rings (SSSR count). The summed E-state index contributed by atoms with van der Waals surface area (Å²) in [7, 11) is -6.04. The molecule has 0 fully saturated rings. The Morgan fingerprint density at radius 3 is 2.27 bits per heavy atom. The number of carbonyl (C=O) groups excluding carboxylic acids is 1. The molecule has 30 heavy (non-hydrogen) atoms.